The topological polar surface area (TPSA) is 233 Å². The van der Waals surface area contributed by atoms with E-state index < -0.39 is 78.0 Å². The number of hydrogen-bond acceptors (Lipinski definition) is 12. The minimum absolute atomic E-state index is 0.0541. The van der Waals surface area contributed by atoms with E-state index in [1.54, 1.807) is 0 Å². The maximum Gasteiger partial charge on any atom is 0.330 e. The third-order valence-electron chi connectivity index (χ3n) is 6.38. The summed E-state index contributed by atoms with van der Waals surface area (Å²) in [6.45, 7) is -0.937. The number of nitrogens with one attached hydrogen (secondary N) is 2. The van der Waals surface area contributed by atoms with Crippen LogP contribution in [0.15, 0.2) is 43.7 Å². The monoisotopic (exact) mass is 513 g/mol. The van der Waals surface area contributed by atoms with Gasteiger partial charge in [-0.2, -0.15) is 5.06 Å². The van der Waals surface area contributed by atoms with Crippen molar-refractivity contribution in [3.05, 3.63) is 66.2 Å². The lowest BCUT2D eigenvalue weighted by Crippen LogP contribution is -2.41. The molecule has 0 unspecified atom stereocenters. The van der Waals surface area contributed by atoms with E-state index in [0.717, 1.165) is 32.5 Å². The van der Waals surface area contributed by atoms with E-state index in [9.17, 15) is 44.8 Å². The number of aliphatic hydroxyl groups excluding tert-OH is 4. The van der Waals surface area contributed by atoms with Gasteiger partial charge in [-0.3, -0.25) is 28.7 Å². The quantitative estimate of drug-likeness (QED) is 0.166. The minimum atomic E-state index is -1.53. The summed E-state index contributed by atoms with van der Waals surface area (Å²) >= 11 is 0. The first kappa shape index (κ1) is 26.1. The highest BCUT2D eigenvalue weighted by Gasteiger charge is 2.46. The molecule has 8 atom stereocenters. The second-order valence-electron chi connectivity index (χ2n) is 8.68. The van der Waals surface area contributed by atoms with Gasteiger partial charge in [0, 0.05) is 37.0 Å². The Hall–Kier alpha value is -2.96. The van der Waals surface area contributed by atoms with Crippen molar-refractivity contribution in [1.29, 1.82) is 0 Å². The summed E-state index contributed by atoms with van der Waals surface area (Å²) in [5.41, 5.74) is -2.89. The summed E-state index contributed by atoms with van der Waals surface area (Å²) in [6, 6.07) is 2.15. The molecule has 0 aromatic carbocycles. The molecule has 4 rings (SSSR count). The largest absolute Gasteiger partial charge is 0.394 e. The molecule has 198 valence electrons. The molecule has 0 spiro atoms. The Morgan fingerprint density at radius 1 is 0.833 bits per heavy atom. The maximum atomic E-state index is 12.2. The predicted octanol–water partition coefficient (Wildman–Crippen LogP) is -4.35. The standard InChI is InChI=1S/C20H27N5O11/c26-8-11-14(29)9(17(36-11)24-5-2-12(27)21-19(24)32)1-4-23(34)7-10-15(30)16(31)18(35-10)25-6-3-13(28)22-20(25)33/h2-3,5-6,9-11,14-18,26,29-31,34H,1,4,7-8H2,(H,21,27,32)(H,22,28,33)/t9-,10-,11-,14+,15-,16-,17-,18-/m1/s1. The van der Waals surface area contributed by atoms with Crippen molar-refractivity contribution in [1.82, 2.24) is 24.2 Å². The van der Waals surface area contributed by atoms with Crippen molar-refractivity contribution in [3.8, 4) is 0 Å². The highest BCUT2D eigenvalue weighted by molar-refractivity contribution is 4.95. The molecule has 16 heteroatoms. The highest BCUT2D eigenvalue weighted by atomic mass is 16.6. The van der Waals surface area contributed by atoms with Gasteiger partial charge in [0.1, 0.15) is 30.6 Å². The molecule has 0 amide bonds. The molecular formula is C20H27N5O11. The normalized spacial score (nSPS) is 32.4. The van der Waals surface area contributed by atoms with E-state index in [2.05, 4.69) is 4.98 Å². The van der Waals surface area contributed by atoms with Crippen LogP contribution in [0.4, 0.5) is 0 Å². The predicted molar refractivity (Wildman–Crippen MR) is 117 cm³/mol. The molecule has 36 heavy (non-hydrogen) atoms. The summed E-state index contributed by atoms with van der Waals surface area (Å²) < 4.78 is 13.1. The van der Waals surface area contributed by atoms with Crippen molar-refractivity contribution in [2.24, 2.45) is 5.92 Å². The summed E-state index contributed by atoms with van der Waals surface area (Å²) in [5.74, 6) is -0.770. The average Bonchev–Trinajstić information content (AvgIpc) is 3.28. The van der Waals surface area contributed by atoms with Crippen molar-refractivity contribution in [2.75, 3.05) is 19.7 Å². The van der Waals surface area contributed by atoms with E-state index in [-0.39, 0.29) is 19.5 Å². The van der Waals surface area contributed by atoms with Crippen LogP contribution in [-0.2, 0) is 9.47 Å². The lowest BCUT2D eigenvalue weighted by atomic mass is 9.96. The average molecular weight is 513 g/mol. The zero-order valence-corrected chi connectivity index (χ0v) is 18.8. The van der Waals surface area contributed by atoms with Gasteiger partial charge in [0.2, 0.25) is 0 Å². The first-order valence-electron chi connectivity index (χ1n) is 11.1. The number of hydroxylamine groups is 2. The first-order chi connectivity index (χ1) is 17.1. The fraction of sp³-hybridized carbons (Fsp3) is 0.600. The number of H-pyrrole nitrogens is 2. The van der Waals surface area contributed by atoms with Gasteiger partial charge in [-0.05, 0) is 6.42 Å². The molecule has 2 aromatic rings. The van der Waals surface area contributed by atoms with Crippen LogP contribution >= 0.6 is 0 Å². The molecule has 0 aliphatic carbocycles. The molecule has 0 saturated carbocycles. The molecule has 0 bridgehead atoms. The van der Waals surface area contributed by atoms with Gasteiger partial charge in [0.05, 0.1) is 19.3 Å². The molecule has 2 aliphatic rings. The van der Waals surface area contributed by atoms with Crippen molar-refractivity contribution < 1.29 is 35.1 Å². The maximum absolute atomic E-state index is 12.2. The van der Waals surface area contributed by atoms with E-state index in [1.165, 1.54) is 6.20 Å². The first-order valence-corrected chi connectivity index (χ1v) is 11.1. The van der Waals surface area contributed by atoms with Gasteiger partial charge in [-0.25, -0.2) is 9.59 Å². The second-order valence-corrected chi connectivity index (χ2v) is 8.68. The second kappa shape index (κ2) is 10.6. The molecule has 2 aromatic heterocycles. The minimum Gasteiger partial charge on any atom is -0.394 e. The van der Waals surface area contributed by atoms with E-state index in [0.29, 0.717) is 0 Å². The Morgan fingerprint density at radius 2 is 1.39 bits per heavy atom. The zero-order chi connectivity index (χ0) is 26.1. The number of aromatic amines is 2. The molecule has 4 heterocycles. The van der Waals surface area contributed by atoms with E-state index >= 15 is 0 Å². The molecule has 0 radical (unpaired) electrons. The molecule has 7 N–H and O–H groups in total. The number of rotatable bonds is 8. The van der Waals surface area contributed by atoms with Crippen LogP contribution in [-0.4, -0.2) is 100 Å². The molecule has 2 aliphatic heterocycles. The lowest BCUT2D eigenvalue weighted by Gasteiger charge is -2.25. The smallest absolute Gasteiger partial charge is 0.330 e. The third-order valence-corrected chi connectivity index (χ3v) is 6.38. The van der Waals surface area contributed by atoms with Gasteiger partial charge < -0.3 is 35.1 Å². The fourth-order valence-corrected chi connectivity index (χ4v) is 4.50. The van der Waals surface area contributed by atoms with Crippen molar-refractivity contribution in [2.45, 2.75) is 49.4 Å². The number of aromatic nitrogens is 4. The summed E-state index contributed by atoms with van der Waals surface area (Å²) in [5, 5.41) is 52.0. The zero-order valence-electron chi connectivity index (χ0n) is 18.8. The van der Waals surface area contributed by atoms with Crippen LogP contribution in [0.1, 0.15) is 18.9 Å². The lowest BCUT2D eigenvalue weighted by molar-refractivity contribution is -0.140. The Balaban J connectivity index is 1.42. The third kappa shape index (κ3) is 5.11. The summed E-state index contributed by atoms with van der Waals surface area (Å²) in [4.78, 5) is 51.0. The van der Waals surface area contributed by atoms with Crippen LogP contribution in [0.25, 0.3) is 0 Å². The number of nitrogens with zero attached hydrogens (tertiary/aromatic N) is 3. The van der Waals surface area contributed by atoms with Crippen LogP contribution < -0.4 is 22.5 Å². The Kier molecular flexibility index (Phi) is 7.67. The molecule has 2 fully saturated rings. The van der Waals surface area contributed by atoms with Crippen LogP contribution in [0, 0.1) is 5.92 Å². The molecule has 2 saturated heterocycles. The number of aliphatic hydroxyl groups is 4. The van der Waals surface area contributed by atoms with Crippen LogP contribution in [0.2, 0.25) is 0 Å². The Labute approximate surface area is 201 Å². The van der Waals surface area contributed by atoms with Crippen LogP contribution in [0.5, 0.6) is 0 Å². The van der Waals surface area contributed by atoms with Gasteiger partial charge in [0.15, 0.2) is 6.23 Å². The SMILES string of the molecule is O=c1ccn([C@@H]2O[C@H](CN(O)CC[C@@H]3[C@H](O)[C@@H](CO)O[C@H]3n3ccc(=O)[nH]c3=O)[C@@H](O)[C@H]2O)c(=O)[nH]1. The van der Waals surface area contributed by atoms with Gasteiger partial charge in [-0.15, -0.1) is 0 Å². The van der Waals surface area contributed by atoms with Gasteiger partial charge in [0.25, 0.3) is 11.1 Å². The van der Waals surface area contributed by atoms with Gasteiger partial charge >= 0.3 is 11.4 Å². The van der Waals surface area contributed by atoms with E-state index in [4.69, 9.17) is 9.47 Å². The molecule has 16 nitrogen and oxygen atoms in total. The fourth-order valence-electron chi connectivity index (χ4n) is 4.50. The van der Waals surface area contributed by atoms with Crippen molar-refractivity contribution in [3.63, 3.8) is 0 Å². The van der Waals surface area contributed by atoms with E-state index in [1.807, 2.05) is 4.98 Å². The Bertz CT molecular complexity index is 1290. The summed E-state index contributed by atoms with van der Waals surface area (Å²) in [6.07, 6.45) is -6.31. The highest BCUT2D eigenvalue weighted by Crippen LogP contribution is 2.36. The van der Waals surface area contributed by atoms with Gasteiger partial charge in [-0.1, -0.05) is 0 Å². The van der Waals surface area contributed by atoms with Crippen LogP contribution in [0.3, 0.4) is 0 Å². The van der Waals surface area contributed by atoms with Crippen molar-refractivity contribution >= 4 is 0 Å². The Morgan fingerprint density at radius 3 is 1.94 bits per heavy atom. The summed E-state index contributed by atoms with van der Waals surface area (Å²) in [7, 11) is 0. The molecular weight excluding hydrogens is 486 g/mol. The number of ether oxygens (including phenoxy) is 2. The number of hydrogen-bond donors (Lipinski definition) is 7.